The number of nitrogens with two attached hydrogens (primary N) is 1. The van der Waals surface area contributed by atoms with Crippen molar-refractivity contribution in [1.29, 1.82) is 0 Å². The highest BCUT2D eigenvalue weighted by molar-refractivity contribution is 5.77. The molecule has 8 heteroatoms. The molecular weight excluding hydrogens is 466 g/mol. The number of phenols is 1. The van der Waals surface area contributed by atoms with Crippen LogP contribution < -0.4 is 5.73 Å². The molecule has 4 aromatic rings. The van der Waals surface area contributed by atoms with Gasteiger partial charge in [0, 0.05) is 22.1 Å². The minimum absolute atomic E-state index is 0.160. The fourth-order valence-corrected chi connectivity index (χ4v) is 3.92. The zero-order valence-electron chi connectivity index (χ0n) is 19.8. The third kappa shape index (κ3) is 6.19. The molecule has 0 radical (unpaired) electrons. The minimum Gasteiger partial charge on any atom is -0.508 e. The quantitative estimate of drug-likeness (QED) is 0.236. The minimum atomic E-state index is -1.02. The summed E-state index contributed by atoms with van der Waals surface area (Å²) in [6.45, 7) is 0. The number of nitrogens with zero attached hydrogens (tertiary/aromatic N) is 2. The van der Waals surface area contributed by atoms with Crippen molar-refractivity contribution in [1.82, 2.24) is 19.9 Å². The maximum absolute atomic E-state index is 10.4. The predicted molar refractivity (Wildman–Crippen MR) is 146 cm³/mol. The average molecular weight is 492 g/mol. The van der Waals surface area contributed by atoms with E-state index in [-0.39, 0.29) is 12.2 Å². The number of hydrogen-bond acceptors (Lipinski definition) is 5. The molecule has 2 aliphatic rings. The first-order valence-corrected chi connectivity index (χ1v) is 11.7. The van der Waals surface area contributed by atoms with Crippen molar-refractivity contribution >= 4 is 52.3 Å². The van der Waals surface area contributed by atoms with Crippen LogP contribution in [0.5, 0.6) is 5.75 Å². The number of nitrogens with one attached hydrogen (secondary N) is 2. The van der Waals surface area contributed by atoms with Crippen LogP contribution in [0, 0.1) is 0 Å². The summed E-state index contributed by atoms with van der Waals surface area (Å²) in [5.74, 6) is -0.860. The fourth-order valence-electron chi connectivity index (χ4n) is 3.92. The van der Waals surface area contributed by atoms with Gasteiger partial charge >= 0.3 is 5.97 Å². The Morgan fingerprint density at radius 1 is 0.703 bits per heavy atom. The molecule has 0 fully saturated rings. The van der Waals surface area contributed by atoms with Crippen molar-refractivity contribution in [3.05, 3.63) is 101 Å². The van der Waals surface area contributed by atoms with E-state index in [9.17, 15) is 4.79 Å². The van der Waals surface area contributed by atoms with Crippen molar-refractivity contribution in [3.8, 4) is 5.75 Å². The number of aliphatic carboxylic acids is 1. The molecule has 0 unspecified atom stereocenters. The molecular formula is C29H25N5O3. The van der Waals surface area contributed by atoms with Crippen LogP contribution in [-0.4, -0.2) is 42.2 Å². The van der Waals surface area contributed by atoms with Gasteiger partial charge < -0.3 is 25.9 Å². The Bertz CT molecular complexity index is 1570. The van der Waals surface area contributed by atoms with E-state index in [1.54, 1.807) is 12.1 Å². The van der Waals surface area contributed by atoms with E-state index in [0.29, 0.717) is 0 Å². The molecule has 0 amide bonds. The highest BCUT2D eigenvalue weighted by Crippen LogP contribution is 2.17. The van der Waals surface area contributed by atoms with Gasteiger partial charge in [-0.1, -0.05) is 12.1 Å². The Kier molecular flexibility index (Phi) is 6.65. The number of phenolic OH excluding ortho intramolecular Hbond substituents is 1. The Morgan fingerprint density at radius 3 is 1.59 bits per heavy atom. The van der Waals surface area contributed by atoms with E-state index < -0.39 is 12.0 Å². The number of aromatic amines is 2. The molecule has 5 heterocycles. The highest BCUT2D eigenvalue weighted by Gasteiger charge is 2.11. The first kappa shape index (κ1) is 23.8. The SMILES string of the molecule is C1=Cc2cc3ccc(cc4ccc(cc5nc(cc1n2)C=C5)[nH]4)[nH]3.N[C@@H](Cc1ccc(O)cc1)C(=O)O. The van der Waals surface area contributed by atoms with Gasteiger partial charge in [0.05, 0.1) is 22.8 Å². The number of carboxylic acid groups (broad SMARTS) is 1. The summed E-state index contributed by atoms with van der Waals surface area (Å²) >= 11 is 0. The van der Waals surface area contributed by atoms with Gasteiger partial charge in [-0.2, -0.15) is 0 Å². The van der Waals surface area contributed by atoms with E-state index in [2.05, 4.69) is 50.3 Å². The molecule has 1 aromatic carbocycles. The zero-order chi connectivity index (χ0) is 25.8. The second-order valence-corrected chi connectivity index (χ2v) is 8.72. The van der Waals surface area contributed by atoms with Gasteiger partial charge in [-0.25, -0.2) is 9.97 Å². The number of H-pyrrole nitrogens is 2. The summed E-state index contributed by atoms with van der Waals surface area (Å²) in [7, 11) is 0. The van der Waals surface area contributed by atoms with Gasteiger partial charge in [-0.05, 0) is 97.0 Å². The highest BCUT2D eigenvalue weighted by atomic mass is 16.4. The van der Waals surface area contributed by atoms with Gasteiger partial charge in [0.1, 0.15) is 11.8 Å². The van der Waals surface area contributed by atoms with Crippen molar-refractivity contribution in [2.45, 2.75) is 12.5 Å². The third-order valence-electron chi connectivity index (χ3n) is 5.75. The number of aromatic nitrogens is 4. The monoisotopic (exact) mass is 491 g/mol. The van der Waals surface area contributed by atoms with Crippen LogP contribution in [0.1, 0.15) is 28.3 Å². The number of carboxylic acids is 1. The van der Waals surface area contributed by atoms with Crippen molar-refractivity contribution in [2.75, 3.05) is 0 Å². The molecule has 0 aliphatic carbocycles. The van der Waals surface area contributed by atoms with Gasteiger partial charge in [-0.15, -0.1) is 0 Å². The second-order valence-electron chi connectivity index (χ2n) is 8.72. The largest absolute Gasteiger partial charge is 0.508 e. The molecule has 184 valence electrons. The van der Waals surface area contributed by atoms with Crippen molar-refractivity contribution in [3.63, 3.8) is 0 Å². The number of fused-ring (bicyclic) bond motifs is 8. The maximum Gasteiger partial charge on any atom is 0.320 e. The first-order chi connectivity index (χ1) is 17.9. The summed E-state index contributed by atoms with van der Waals surface area (Å²) in [6.07, 6.45) is 8.32. The number of benzene rings is 1. The summed E-state index contributed by atoms with van der Waals surface area (Å²) in [4.78, 5) is 26.4. The molecule has 0 saturated heterocycles. The lowest BCUT2D eigenvalue weighted by molar-refractivity contribution is -0.138. The van der Waals surface area contributed by atoms with Gasteiger partial charge in [-0.3, -0.25) is 4.79 Å². The van der Waals surface area contributed by atoms with Crippen LogP contribution in [0.25, 0.3) is 46.4 Å². The topological polar surface area (TPSA) is 141 Å². The lowest BCUT2D eigenvalue weighted by Gasteiger charge is -2.05. The normalized spacial score (nSPS) is 12.6. The Labute approximate surface area is 212 Å². The summed E-state index contributed by atoms with van der Waals surface area (Å²) in [6, 6.07) is 21.8. The van der Waals surface area contributed by atoms with Gasteiger partial charge in [0.25, 0.3) is 0 Å². The van der Waals surface area contributed by atoms with Crippen molar-refractivity contribution in [2.24, 2.45) is 5.73 Å². The standard InChI is InChI=1S/C20H14N4.C9H11NO3/c1-2-14-10-16-5-6-18(23-16)12-20-8-7-19(24-20)11-17-4-3-15(22-17)9-13(1)21-14;10-8(9(12)13)5-6-1-3-7(11)4-2-6/h1-12,21-22H;1-4,8,11H,5,10H2,(H,12,13)/t;8-/m.0/s1. The maximum atomic E-state index is 10.4. The zero-order valence-corrected chi connectivity index (χ0v) is 19.8. The molecule has 0 saturated carbocycles. The predicted octanol–water partition coefficient (Wildman–Crippen LogP) is 5.00. The van der Waals surface area contributed by atoms with E-state index in [4.69, 9.17) is 15.9 Å². The van der Waals surface area contributed by atoms with Crippen LogP contribution in [-0.2, 0) is 11.2 Å². The molecule has 0 spiro atoms. The molecule has 6 N–H and O–H groups in total. The molecule has 6 rings (SSSR count). The molecule has 8 bridgehead atoms. The average Bonchev–Trinajstić information content (AvgIpc) is 3.67. The first-order valence-electron chi connectivity index (χ1n) is 11.7. The Morgan fingerprint density at radius 2 is 1.14 bits per heavy atom. The molecule has 8 nitrogen and oxygen atoms in total. The molecule has 37 heavy (non-hydrogen) atoms. The number of aromatic hydroxyl groups is 1. The van der Waals surface area contributed by atoms with Crippen LogP contribution in [0.2, 0.25) is 0 Å². The van der Waals surface area contributed by atoms with E-state index >= 15 is 0 Å². The molecule has 2 aliphatic heterocycles. The molecule has 1 atom stereocenters. The Hall–Kier alpha value is -4.95. The van der Waals surface area contributed by atoms with Gasteiger partial charge in [0.15, 0.2) is 0 Å². The van der Waals surface area contributed by atoms with Crippen LogP contribution >= 0.6 is 0 Å². The smallest absolute Gasteiger partial charge is 0.320 e. The van der Waals surface area contributed by atoms with E-state index in [1.165, 1.54) is 12.1 Å². The lowest BCUT2D eigenvalue weighted by atomic mass is 10.1. The number of hydrogen-bond donors (Lipinski definition) is 5. The van der Waals surface area contributed by atoms with Crippen LogP contribution in [0.3, 0.4) is 0 Å². The number of rotatable bonds is 3. The van der Waals surface area contributed by atoms with Gasteiger partial charge in [0.2, 0.25) is 0 Å². The van der Waals surface area contributed by atoms with Crippen molar-refractivity contribution < 1.29 is 15.0 Å². The number of carbonyl (C=O) groups is 1. The van der Waals surface area contributed by atoms with Crippen LogP contribution in [0.15, 0.2) is 72.8 Å². The summed E-state index contributed by atoms with van der Waals surface area (Å²) in [5.41, 5.74) is 14.0. The second kappa shape index (κ2) is 10.3. The third-order valence-corrected chi connectivity index (χ3v) is 5.75. The summed E-state index contributed by atoms with van der Waals surface area (Å²) < 4.78 is 0. The fraction of sp³-hybridized carbons (Fsp3) is 0.0690. The van der Waals surface area contributed by atoms with E-state index in [1.807, 2.05) is 42.5 Å². The molecule has 3 aromatic heterocycles. The Balaban J connectivity index is 0.000000184. The summed E-state index contributed by atoms with van der Waals surface area (Å²) in [5, 5.41) is 17.5. The lowest BCUT2D eigenvalue weighted by Crippen LogP contribution is -2.32. The van der Waals surface area contributed by atoms with Crippen LogP contribution in [0.4, 0.5) is 0 Å². The van der Waals surface area contributed by atoms with E-state index in [0.717, 1.165) is 50.4 Å².